The maximum atomic E-state index is 12.7. The number of ether oxygens (including phenoxy) is 1. The van der Waals surface area contributed by atoms with Crippen molar-refractivity contribution < 1.29 is 9.53 Å². The number of nitrogens with one attached hydrogen (secondary N) is 1. The summed E-state index contributed by atoms with van der Waals surface area (Å²) in [5.74, 6) is 0.284. The van der Waals surface area contributed by atoms with Gasteiger partial charge in [0.15, 0.2) is 0 Å². The van der Waals surface area contributed by atoms with Gasteiger partial charge in [0.1, 0.15) is 5.60 Å². The van der Waals surface area contributed by atoms with Crippen molar-refractivity contribution in [2.24, 2.45) is 5.92 Å². The van der Waals surface area contributed by atoms with Crippen LogP contribution in [0, 0.1) is 5.92 Å². The van der Waals surface area contributed by atoms with Gasteiger partial charge in [-0.05, 0) is 59.2 Å². The minimum Gasteiger partial charge on any atom is -0.459 e. The molecule has 0 bridgehead atoms. The minimum atomic E-state index is -0.620. The quantitative estimate of drug-likeness (QED) is 0.864. The van der Waals surface area contributed by atoms with E-state index in [-0.39, 0.29) is 5.97 Å². The van der Waals surface area contributed by atoms with Crippen molar-refractivity contribution >= 4 is 5.97 Å². The average molecular weight is 289 g/mol. The third-order valence-electron chi connectivity index (χ3n) is 4.68. The van der Waals surface area contributed by atoms with Gasteiger partial charge in [0.05, 0.1) is 5.41 Å². The van der Waals surface area contributed by atoms with Crippen LogP contribution in [0.2, 0.25) is 0 Å². The molecule has 1 aromatic rings. The Morgan fingerprint density at radius 3 is 2.24 bits per heavy atom. The summed E-state index contributed by atoms with van der Waals surface area (Å²) < 4.78 is 5.93. The first-order valence-corrected chi connectivity index (χ1v) is 7.84. The molecule has 1 aliphatic heterocycles. The van der Waals surface area contributed by atoms with E-state index in [0.717, 1.165) is 31.5 Å². The Labute approximate surface area is 128 Å². The molecule has 0 saturated carbocycles. The van der Waals surface area contributed by atoms with E-state index in [2.05, 4.69) is 5.32 Å². The van der Waals surface area contributed by atoms with Crippen LogP contribution in [0.15, 0.2) is 30.3 Å². The van der Waals surface area contributed by atoms with Crippen LogP contribution in [-0.4, -0.2) is 24.7 Å². The summed E-state index contributed by atoms with van der Waals surface area (Å²) in [5, 5.41) is 3.36. The predicted molar refractivity (Wildman–Crippen MR) is 85.2 cm³/mol. The smallest absolute Gasteiger partial charge is 0.316 e. The molecule has 0 aromatic heterocycles. The first-order valence-electron chi connectivity index (χ1n) is 7.84. The van der Waals surface area contributed by atoms with E-state index >= 15 is 0 Å². The van der Waals surface area contributed by atoms with Crippen molar-refractivity contribution in [3.63, 3.8) is 0 Å². The van der Waals surface area contributed by atoms with Gasteiger partial charge in [-0.2, -0.15) is 0 Å². The van der Waals surface area contributed by atoms with E-state index < -0.39 is 11.0 Å². The van der Waals surface area contributed by atoms with E-state index in [1.807, 2.05) is 58.0 Å². The molecule has 21 heavy (non-hydrogen) atoms. The fraction of sp³-hybridized carbons (Fsp3) is 0.611. The fourth-order valence-corrected chi connectivity index (χ4v) is 2.94. The third-order valence-corrected chi connectivity index (χ3v) is 4.68. The number of carbonyl (C=O) groups excluding carboxylic acids is 1. The number of benzene rings is 1. The molecule has 0 aliphatic carbocycles. The lowest BCUT2D eigenvalue weighted by molar-refractivity contribution is -0.168. The SMILES string of the molecule is CC(C)(C(=O)OC(C)(C)C1CCNCC1)c1ccccc1. The van der Waals surface area contributed by atoms with Crippen molar-refractivity contribution in [1.82, 2.24) is 5.32 Å². The van der Waals surface area contributed by atoms with Crippen molar-refractivity contribution in [2.75, 3.05) is 13.1 Å². The van der Waals surface area contributed by atoms with Crippen molar-refractivity contribution in [1.29, 1.82) is 0 Å². The second kappa shape index (κ2) is 6.18. The minimum absolute atomic E-state index is 0.141. The molecule has 1 saturated heterocycles. The maximum absolute atomic E-state index is 12.7. The Morgan fingerprint density at radius 2 is 1.67 bits per heavy atom. The number of rotatable bonds is 4. The van der Waals surface area contributed by atoms with E-state index in [0.29, 0.717) is 5.92 Å². The van der Waals surface area contributed by atoms with Crippen molar-refractivity contribution in [3.05, 3.63) is 35.9 Å². The number of hydrogen-bond acceptors (Lipinski definition) is 3. The maximum Gasteiger partial charge on any atom is 0.316 e. The van der Waals surface area contributed by atoms with Crippen LogP contribution in [0.5, 0.6) is 0 Å². The molecule has 0 radical (unpaired) electrons. The first-order chi connectivity index (χ1) is 9.84. The molecule has 1 heterocycles. The van der Waals surface area contributed by atoms with E-state index in [1.54, 1.807) is 0 Å². The van der Waals surface area contributed by atoms with Gasteiger partial charge in [0.2, 0.25) is 0 Å². The second-order valence-corrected chi connectivity index (χ2v) is 7.01. The highest BCUT2D eigenvalue weighted by atomic mass is 16.6. The van der Waals surface area contributed by atoms with Gasteiger partial charge in [-0.3, -0.25) is 4.79 Å². The average Bonchev–Trinajstić information content (AvgIpc) is 2.48. The van der Waals surface area contributed by atoms with Crippen LogP contribution in [0.4, 0.5) is 0 Å². The molecule has 0 amide bonds. The van der Waals surface area contributed by atoms with E-state index in [4.69, 9.17) is 4.74 Å². The molecule has 0 unspecified atom stereocenters. The van der Waals surface area contributed by atoms with Gasteiger partial charge < -0.3 is 10.1 Å². The number of hydrogen-bond donors (Lipinski definition) is 1. The molecule has 2 rings (SSSR count). The molecule has 0 spiro atoms. The Morgan fingerprint density at radius 1 is 1.10 bits per heavy atom. The summed E-state index contributed by atoms with van der Waals surface area (Å²) in [4.78, 5) is 12.7. The normalized spacial score (nSPS) is 17.5. The summed E-state index contributed by atoms with van der Waals surface area (Å²) in [6, 6.07) is 9.85. The zero-order valence-electron chi connectivity index (χ0n) is 13.6. The third kappa shape index (κ3) is 3.65. The lowest BCUT2D eigenvalue weighted by Crippen LogP contribution is -2.45. The monoisotopic (exact) mass is 289 g/mol. The molecule has 1 aromatic carbocycles. The Balaban J connectivity index is 2.09. The van der Waals surface area contributed by atoms with Crippen molar-refractivity contribution in [2.45, 2.75) is 51.6 Å². The van der Waals surface area contributed by atoms with Gasteiger partial charge >= 0.3 is 5.97 Å². The lowest BCUT2D eigenvalue weighted by atomic mass is 9.81. The van der Waals surface area contributed by atoms with E-state index in [1.165, 1.54) is 0 Å². The van der Waals surface area contributed by atoms with Crippen LogP contribution in [-0.2, 0) is 14.9 Å². The topological polar surface area (TPSA) is 38.3 Å². The lowest BCUT2D eigenvalue weighted by Gasteiger charge is -2.39. The van der Waals surface area contributed by atoms with Crippen LogP contribution in [0.3, 0.4) is 0 Å². The molecule has 1 N–H and O–H groups in total. The Kier molecular flexibility index (Phi) is 4.72. The standard InChI is InChI=1S/C18H27NO2/c1-17(2,14-8-6-5-7-9-14)16(20)21-18(3,4)15-10-12-19-13-11-15/h5-9,15,19H,10-13H2,1-4H3. The van der Waals surface area contributed by atoms with Gasteiger partial charge in [-0.25, -0.2) is 0 Å². The Bertz CT molecular complexity index is 473. The molecular formula is C18H27NO2. The molecule has 0 atom stereocenters. The van der Waals surface area contributed by atoms with Gasteiger partial charge in [-0.1, -0.05) is 30.3 Å². The summed E-state index contributed by atoms with van der Waals surface area (Å²) in [6.07, 6.45) is 2.12. The summed E-state index contributed by atoms with van der Waals surface area (Å²) in [6.45, 7) is 9.97. The van der Waals surface area contributed by atoms with Crippen LogP contribution >= 0.6 is 0 Å². The molecule has 1 aliphatic rings. The molecule has 1 fully saturated rings. The molecule has 3 nitrogen and oxygen atoms in total. The van der Waals surface area contributed by atoms with Crippen molar-refractivity contribution in [3.8, 4) is 0 Å². The Hall–Kier alpha value is -1.35. The first kappa shape index (κ1) is 16.0. The van der Waals surface area contributed by atoms with Gasteiger partial charge in [-0.15, -0.1) is 0 Å². The van der Waals surface area contributed by atoms with Gasteiger partial charge in [0, 0.05) is 5.92 Å². The fourth-order valence-electron chi connectivity index (χ4n) is 2.94. The highest BCUT2D eigenvalue weighted by Gasteiger charge is 2.39. The highest BCUT2D eigenvalue weighted by molar-refractivity contribution is 5.82. The van der Waals surface area contributed by atoms with Crippen LogP contribution < -0.4 is 5.32 Å². The predicted octanol–water partition coefficient (Wildman–Crippen LogP) is 3.29. The molecule has 3 heteroatoms. The van der Waals surface area contributed by atoms with E-state index in [9.17, 15) is 4.79 Å². The highest BCUT2D eigenvalue weighted by Crippen LogP contribution is 2.33. The number of piperidine rings is 1. The van der Waals surface area contributed by atoms with Crippen LogP contribution in [0.1, 0.15) is 46.1 Å². The summed E-state index contributed by atoms with van der Waals surface area (Å²) >= 11 is 0. The molecule has 116 valence electrons. The van der Waals surface area contributed by atoms with Gasteiger partial charge in [0.25, 0.3) is 0 Å². The zero-order valence-corrected chi connectivity index (χ0v) is 13.6. The largest absolute Gasteiger partial charge is 0.459 e. The zero-order chi connectivity index (χ0) is 15.5. The summed E-state index contributed by atoms with van der Waals surface area (Å²) in [7, 11) is 0. The second-order valence-electron chi connectivity index (χ2n) is 7.01. The number of esters is 1. The molecular weight excluding hydrogens is 262 g/mol. The summed E-state index contributed by atoms with van der Waals surface area (Å²) in [5.41, 5.74) is -0.0347. The number of carbonyl (C=O) groups is 1. The van der Waals surface area contributed by atoms with Crippen LogP contribution in [0.25, 0.3) is 0 Å².